The quantitative estimate of drug-likeness (QED) is 0.167. The molecule has 1 fully saturated rings. The van der Waals surface area contributed by atoms with Crippen LogP contribution >= 0.6 is 0 Å². The highest BCUT2D eigenvalue weighted by atomic mass is 15.4. The minimum atomic E-state index is -0.124. The third-order valence-corrected chi connectivity index (χ3v) is 12.9. The molecule has 0 aliphatic carbocycles. The maximum atomic E-state index is 3.91. The molecule has 0 radical (unpaired) electrons. The summed E-state index contributed by atoms with van der Waals surface area (Å²) < 4.78 is 5.03. The molecule has 0 saturated carbocycles. The molecule has 1 saturated heterocycles. The topological polar surface area (TPSA) is 46.0 Å². The van der Waals surface area contributed by atoms with E-state index in [9.17, 15) is 0 Å². The first kappa shape index (κ1) is 33.7. The maximum absolute atomic E-state index is 3.91. The molecular formula is C55H39N5. The van der Waals surface area contributed by atoms with Crippen LogP contribution in [0.15, 0.2) is 200 Å². The zero-order valence-electron chi connectivity index (χ0n) is 32.7. The zero-order chi connectivity index (χ0) is 39.3. The zero-order valence-corrected chi connectivity index (χ0v) is 32.7. The SMILES string of the molecule is c1ccc(C2NC(c3ccccc3)NC(c3cccc(-n4c5cc6c(cc5c5c7ccccc7ccc54)-n4c5ccccc5c5cccc(c54)-c4ccccc4-6)c3)N2)cc1. The van der Waals surface area contributed by atoms with Gasteiger partial charge < -0.3 is 9.13 Å². The van der Waals surface area contributed by atoms with Crippen LogP contribution in [-0.4, -0.2) is 9.13 Å². The van der Waals surface area contributed by atoms with Gasteiger partial charge in [0, 0.05) is 38.4 Å². The van der Waals surface area contributed by atoms with Crippen LogP contribution in [0.3, 0.4) is 0 Å². The first-order valence-corrected chi connectivity index (χ1v) is 20.9. The predicted octanol–water partition coefficient (Wildman–Crippen LogP) is 12.9. The molecular weight excluding hydrogens is 731 g/mol. The van der Waals surface area contributed by atoms with Crippen molar-refractivity contribution in [3.05, 3.63) is 217 Å². The normalized spacial score (nSPS) is 17.3. The highest BCUT2D eigenvalue weighted by Gasteiger charge is 2.31. The monoisotopic (exact) mass is 769 g/mol. The first-order valence-electron chi connectivity index (χ1n) is 20.9. The van der Waals surface area contributed by atoms with Crippen molar-refractivity contribution in [2.75, 3.05) is 0 Å². The second-order valence-corrected chi connectivity index (χ2v) is 16.2. The van der Waals surface area contributed by atoms with Crippen LogP contribution in [0.1, 0.15) is 35.2 Å². The average molecular weight is 770 g/mol. The Balaban J connectivity index is 1.07. The van der Waals surface area contributed by atoms with Crippen molar-refractivity contribution in [3.63, 3.8) is 0 Å². The summed E-state index contributed by atoms with van der Waals surface area (Å²) in [7, 11) is 0. The van der Waals surface area contributed by atoms with E-state index in [-0.39, 0.29) is 18.5 Å². The molecule has 3 N–H and O–H groups in total. The minimum absolute atomic E-state index is 0.0539. The number of benzene rings is 9. The molecule has 5 nitrogen and oxygen atoms in total. The van der Waals surface area contributed by atoms with E-state index >= 15 is 0 Å². The Bertz CT molecular complexity index is 3440. The van der Waals surface area contributed by atoms with Crippen LogP contribution in [0.25, 0.3) is 88.0 Å². The van der Waals surface area contributed by atoms with Crippen molar-refractivity contribution < 1.29 is 0 Å². The van der Waals surface area contributed by atoms with Gasteiger partial charge >= 0.3 is 0 Å². The van der Waals surface area contributed by atoms with E-state index < -0.39 is 0 Å². The van der Waals surface area contributed by atoms with Gasteiger partial charge in [-0.3, -0.25) is 16.0 Å². The summed E-state index contributed by atoms with van der Waals surface area (Å²) >= 11 is 0. The van der Waals surface area contributed by atoms with Crippen LogP contribution in [0.2, 0.25) is 0 Å². The van der Waals surface area contributed by atoms with Crippen molar-refractivity contribution in [1.82, 2.24) is 25.1 Å². The lowest BCUT2D eigenvalue weighted by Crippen LogP contribution is -2.54. The van der Waals surface area contributed by atoms with Gasteiger partial charge in [0.05, 0.1) is 46.3 Å². The summed E-state index contributed by atoms with van der Waals surface area (Å²) in [6.45, 7) is 0. The first-order chi connectivity index (χ1) is 29.8. The average Bonchev–Trinajstić information content (AvgIpc) is 3.80. The van der Waals surface area contributed by atoms with E-state index in [0.717, 1.165) is 5.69 Å². The Labute approximate surface area is 347 Å². The molecule has 2 aromatic heterocycles. The van der Waals surface area contributed by atoms with Crippen LogP contribution < -0.4 is 16.0 Å². The number of hydrogen-bond donors (Lipinski definition) is 3. The Kier molecular flexibility index (Phi) is 7.36. The second-order valence-electron chi connectivity index (χ2n) is 16.2. The summed E-state index contributed by atoms with van der Waals surface area (Å²) in [5.41, 5.74) is 15.7. The van der Waals surface area contributed by atoms with Crippen molar-refractivity contribution >= 4 is 54.4 Å². The molecule has 5 heteroatoms. The van der Waals surface area contributed by atoms with Gasteiger partial charge in [-0.2, -0.15) is 0 Å². The highest BCUT2D eigenvalue weighted by molar-refractivity contribution is 6.23. The number of nitrogens with one attached hydrogen (secondary N) is 3. The van der Waals surface area contributed by atoms with Crippen molar-refractivity contribution in [2.45, 2.75) is 18.5 Å². The smallest absolute Gasteiger partial charge is 0.0865 e. The molecule has 9 aromatic carbocycles. The van der Waals surface area contributed by atoms with E-state index in [4.69, 9.17) is 0 Å². The van der Waals surface area contributed by atoms with Crippen LogP contribution in [0, 0.1) is 0 Å². The van der Waals surface area contributed by atoms with Gasteiger partial charge in [-0.25, -0.2) is 0 Å². The molecule has 11 aromatic rings. The highest BCUT2D eigenvalue weighted by Crippen LogP contribution is 2.49. The Morgan fingerprint density at radius 1 is 0.333 bits per heavy atom. The molecule has 4 heterocycles. The van der Waals surface area contributed by atoms with E-state index in [2.05, 4.69) is 225 Å². The van der Waals surface area contributed by atoms with Gasteiger partial charge in [0.25, 0.3) is 0 Å². The predicted molar refractivity (Wildman–Crippen MR) is 248 cm³/mol. The van der Waals surface area contributed by atoms with E-state index in [0.29, 0.717) is 0 Å². The third kappa shape index (κ3) is 4.98. The molecule has 13 rings (SSSR count). The summed E-state index contributed by atoms with van der Waals surface area (Å²) in [5.74, 6) is 0. The Morgan fingerprint density at radius 3 is 1.68 bits per heavy atom. The molecule has 60 heavy (non-hydrogen) atoms. The van der Waals surface area contributed by atoms with Crippen LogP contribution in [-0.2, 0) is 0 Å². The van der Waals surface area contributed by atoms with Crippen molar-refractivity contribution in [2.24, 2.45) is 0 Å². The van der Waals surface area contributed by atoms with Gasteiger partial charge in [-0.15, -0.1) is 0 Å². The van der Waals surface area contributed by atoms with Gasteiger partial charge in [-0.1, -0.05) is 164 Å². The van der Waals surface area contributed by atoms with E-state index in [1.807, 2.05) is 0 Å². The number of rotatable bonds is 4. The molecule has 284 valence electrons. The molecule has 2 unspecified atom stereocenters. The molecule has 0 bridgehead atoms. The standard InChI is InChI=1S/C55H39N5/c1-3-16-35(17-4-1)53-56-54(36-18-5-2-6-19-36)58-55(57-53)37-20-13-21-38(31-37)59-48-30-29-34-15-7-8-22-39(34)51(48)46-33-49-45(32-50(46)59)41-24-10-9-23-40(41)43-26-14-27-44-42-25-11-12-28-47(42)60(49)52(43)44/h1-33,53-58H. The third-order valence-electron chi connectivity index (χ3n) is 12.9. The van der Waals surface area contributed by atoms with Gasteiger partial charge in [0.1, 0.15) is 0 Å². The van der Waals surface area contributed by atoms with Crippen LogP contribution in [0.4, 0.5) is 0 Å². The number of nitrogens with zero attached hydrogens (tertiary/aromatic N) is 2. The summed E-state index contributed by atoms with van der Waals surface area (Å²) in [5, 5.41) is 19.2. The molecule has 0 spiro atoms. The fourth-order valence-corrected chi connectivity index (χ4v) is 10.3. The second kappa shape index (κ2) is 13.1. The lowest BCUT2D eigenvalue weighted by atomic mass is 9.93. The van der Waals surface area contributed by atoms with Gasteiger partial charge in [0.15, 0.2) is 0 Å². The molecule has 2 aliphatic heterocycles. The lowest BCUT2D eigenvalue weighted by molar-refractivity contribution is 0.203. The molecule has 2 atom stereocenters. The van der Waals surface area contributed by atoms with E-state index in [1.54, 1.807) is 0 Å². The van der Waals surface area contributed by atoms with Crippen LogP contribution in [0.5, 0.6) is 0 Å². The molecule has 2 aliphatic rings. The number of hydrogen-bond acceptors (Lipinski definition) is 3. The number of aromatic nitrogens is 2. The lowest BCUT2D eigenvalue weighted by Gasteiger charge is -2.39. The van der Waals surface area contributed by atoms with E-state index in [1.165, 1.54) is 99.0 Å². The fourth-order valence-electron chi connectivity index (χ4n) is 10.3. The van der Waals surface area contributed by atoms with Gasteiger partial charge in [0.2, 0.25) is 0 Å². The Hall–Kier alpha value is -7.28. The summed E-state index contributed by atoms with van der Waals surface area (Å²) in [6.07, 6.45) is -0.231. The number of fused-ring (bicyclic) bond motifs is 13. The van der Waals surface area contributed by atoms with Crippen molar-refractivity contribution in [1.29, 1.82) is 0 Å². The molecule has 0 amide bonds. The largest absolute Gasteiger partial charge is 0.309 e. The fraction of sp³-hybridized carbons (Fsp3) is 0.0545. The Morgan fingerprint density at radius 2 is 0.917 bits per heavy atom. The van der Waals surface area contributed by atoms with Gasteiger partial charge in [-0.05, 0) is 75.0 Å². The maximum Gasteiger partial charge on any atom is 0.0865 e. The van der Waals surface area contributed by atoms with Crippen molar-refractivity contribution in [3.8, 4) is 33.6 Å². The summed E-state index contributed by atoms with van der Waals surface area (Å²) in [6, 6.07) is 73.5. The number of para-hydroxylation sites is 2. The summed E-state index contributed by atoms with van der Waals surface area (Å²) in [4.78, 5) is 0. The minimum Gasteiger partial charge on any atom is -0.309 e.